The maximum absolute atomic E-state index is 11.9. The van der Waals surface area contributed by atoms with Gasteiger partial charge in [-0.1, -0.05) is 6.07 Å². The number of nitrogens with one attached hydrogen (secondary N) is 2. The molecule has 2 aromatic rings. The summed E-state index contributed by atoms with van der Waals surface area (Å²) in [6.07, 6.45) is 2.43. The number of aromatic nitrogens is 2. The van der Waals surface area contributed by atoms with Gasteiger partial charge in [-0.3, -0.25) is 24.1 Å². The van der Waals surface area contributed by atoms with Gasteiger partial charge in [0.05, 0.1) is 11.7 Å². The topological polar surface area (TPSA) is 92.6 Å². The van der Waals surface area contributed by atoms with Crippen molar-refractivity contribution >= 4 is 17.5 Å². The van der Waals surface area contributed by atoms with E-state index >= 15 is 0 Å². The van der Waals surface area contributed by atoms with Gasteiger partial charge in [0.25, 0.3) is 5.56 Å². The van der Waals surface area contributed by atoms with Gasteiger partial charge in [0.15, 0.2) is 0 Å². The lowest BCUT2D eigenvalue weighted by Crippen LogP contribution is -2.50. The molecular weight excluding hydrogens is 272 g/mol. The molecule has 0 aliphatic carbocycles. The number of hydrogen-bond donors (Lipinski definition) is 2. The van der Waals surface area contributed by atoms with Crippen LogP contribution in [0.3, 0.4) is 0 Å². The number of carbonyl (C=O) groups is 2. The molecule has 1 unspecified atom stereocenters. The molecule has 21 heavy (non-hydrogen) atoms. The first-order valence-corrected chi connectivity index (χ1v) is 6.68. The van der Waals surface area contributed by atoms with Gasteiger partial charge in [-0.15, -0.1) is 0 Å². The number of hydrogen-bond acceptors (Lipinski definition) is 5. The monoisotopic (exact) mass is 286 g/mol. The van der Waals surface area contributed by atoms with Crippen LogP contribution >= 0.6 is 0 Å². The fourth-order valence-electron chi connectivity index (χ4n) is 2.31. The maximum Gasteiger partial charge on any atom is 0.258 e. The van der Waals surface area contributed by atoms with Gasteiger partial charge in [-0.2, -0.15) is 0 Å². The number of pyridine rings is 1. The van der Waals surface area contributed by atoms with Gasteiger partial charge in [-0.05, 0) is 18.6 Å². The highest BCUT2D eigenvalue weighted by Gasteiger charge is 2.25. The summed E-state index contributed by atoms with van der Waals surface area (Å²) in [5, 5.41) is 5.31. The Balaban J connectivity index is 1.75. The van der Waals surface area contributed by atoms with Gasteiger partial charge in [-0.25, -0.2) is 4.98 Å². The summed E-state index contributed by atoms with van der Waals surface area (Å²) >= 11 is 0. The molecule has 2 amide bonds. The largest absolute Gasteiger partial charge is 0.300 e. The first-order valence-electron chi connectivity index (χ1n) is 6.68. The molecule has 2 aromatic heterocycles. The van der Waals surface area contributed by atoms with Crippen LogP contribution in [0.4, 0.5) is 0 Å². The number of fused-ring (bicyclic) bond motifs is 1. The molecule has 7 nitrogen and oxygen atoms in total. The van der Waals surface area contributed by atoms with E-state index in [-0.39, 0.29) is 17.4 Å². The lowest BCUT2D eigenvalue weighted by molar-refractivity contribution is -0.134. The Hall–Kier alpha value is -2.54. The second kappa shape index (κ2) is 5.45. The number of rotatable bonds is 3. The van der Waals surface area contributed by atoms with Crippen LogP contribution in [0.2, 0.25) is 0 Å². The summed E-state index contributed by atoms with van der Waals surface area (Å²) in [6.45, 7) is 0.299. The average Bonchev–Trinajstić information content (AvgIpc) is 2.46. The lowest BCUT2D eigenvalue weighted by Gasteiger charge is -2.21. The van der Waals surface area contributed by atoms with Crippen molar-refractivity contribution in [3.05, 3.63) is 46.5 Å². The van der Waals surface area contributed by atoms with Crippen molar-refractivity contribution in [2.24, 2.45) is 0 Å². The van der Waals surface area contributed by atoms with Crippen LogP contribution in [0.5, 0.6) is 0 Å². The van der Waals surface area contributed by atoms with Crippen LogP contribution in [-0.2, 0) is 16.1 Å². The van der Waals surface area contributed by atoms with Gasteiger partial charge >= 0.3 is 0 Å². The summed E-state index contributed by atoms with van der Waals surface area (Å²) in [4.78, 5) is 39.0. The highest BCUT2D eigenvalue weighted by molar-refractivity contribution is 6.00. The molecule has 0 saturated carbocycles. The fraction of sp³-hybridized carbons (Fsp3) is 0.286. The van der Waals surface area contributed by atoms with Crippen molar-refractivity contribution in [1.82, 2.24) is 20.0 Å². The second-order valence-corrected chi connectivity index (χ2v) is 4.90. The van der Waals surface area contributed by atoms with Gasteiger partial charge in [0, 0.05) is 25.2 Å². The summed E-state index contributed by atoms with van der Waals surface area (Å²) in [7, 11) is 0. The highest BCUT2D eigenvalue weighted by atomic mass is 16.2. The van der Waals surface area contributed by atoms with Crippen molar-refractivity contribution in [2.75, 3.05) is 0 Å². The Morgan fingerprint density at radius 3 is 3.00 bits per heavy atom. The Morgan fingerprint density at radius 2 is 2.19 bits per heavy atom. The molecule has 0 aromatic carbocycles. The van der Waals surface area contributed by atoms with Gasteiger partial charge < -0.3 is 5.32 Å². The van der Waals surface area contributed by atoms with Gasteiger partial charge in [0.1, 0.15) is 5.65 Å². The first-order chi connectivity index (χ1) is 10.1. The van der Waals surface area contributed by atoms with Crippen LogP contribution in [0.1, 0.15) is 18.5 Å². The predicted molar refractivity (Wildman–Crippen MR) is 74.5 cm³/mol. The van der Waals surface area contributed by atoms with Crippen molar-refractivity contribution < 1.29 is 9.59 Å². The van der Waals surface area contributed by atoms with Crippen LogP contribution < -0.4 is 16.2 Å². The molecule has 1 atom stereocenters. The van der Waals surface area contributed by atoms with Crippen molar-refractivity contribution in [3.63, 3.8) is 0 Å². The average molecular weight is 286 g/mol. The molecule has 2 N–H and O–H groups in total. The molecule has 108 valence electrons. The number of carbonyl (C=O) groups excluding carboxylic acids is 2. The van der Waals surface area contributed by atoms with E-state index < -0.39 is 6.04 Å². The molecule has 3 heterocycles. The van der Waals surface area contributed by atoms with Crippen LogP contribution in [0.15, 0.2) is 35.3 Å². The van der Waals surface area contributed by atoms with Crippen molar-refractivity contribution in [1.29, 1.82) is 0 Å². The van der Waals surface area contributed by atoms with E-state index in [1.165, 1.54) is 10.5 Å². The normalized spacial score (nSPS) is 18.8. The lowest BCUT2D eigenvalue weighted by atomic mass is 10.1. The minimum Gasteiger partial charge on any atom is -0.300 e. The first kappa shape index (κ1) is 13.4. The molecular formula is C14H14N4O3. The van der Waals surface area contributed by atoms with E-state index in [4.69, 9.17) is 0 Å². The minimum absolute atomic E-state index is 0.166. The third-order valence-corrected chi connectivity index (χ3v) is 3.39. The van der Waals surface area contributed by atoms with Crippen LogP contribution in [0.25, 0.3) is 5.65 Å². The molecule has 0 radical (unpaired) electrons. The molecule has 1 aliphatic rings. The SMILES string of the molecule is O=C1CCC(NCc2cc(=O)n3ccccc3n2)C(=O)N1. The smallest absolute Gasteiger partial charge is 0.258 e. The fourth-order valence-corrected chi connectivity index (χ4v) is 2.31. The summed E-state index contributed by atoms with van der Waals surface area (Å²) in [5.74, 6) is -0.580. The zero-order valence-electron chi connectivity index (χ0n) is 11.2. The quantitative estimate of drug-likeness (QED) is 0.748. The third-order valence-electron chi connectivity index (χ3n) is 3.39. The maximum atomic E-state index is 11.9. The number of amides is 2. The molecule has 0 spiro atoms. The van der Waals surface area contributed by atoms with E-state index in [0.717, 1.165) is 0 Å². The molecule has 1 fully saturated rings. The zero-order chi connectivity index (χ0) is 14.8. The Labute approximate surface area is 120 Å². The summed E-state index contributed by atoms with van der Waals surface area (Å²) in [6, 6.07) is 6.32. The molecule has 1 saturated heterocycles. The van der Waals surface area contributed by atoms with Crippen molar-refractivity contribution in [2.45, 2.75) is 25.4 Å². The van der Waals surface area contributed by atoms with Crippen LogP contribution in [0, 0.1) is 0 Å². The standard InChI is InChI=1S/C14H14N4O3/c19-12-5-4-10(14(21)17-12)15-8-9-7-13(20)18-6-2-1-3-11(18)16-9/h1-3,6-7,10,15H,4-5,8H2,(H,17,19,21). The van der Waals surface area contributed by atoms with Crippen LogP contribution in [-0.4, -0.2) is 27.2 Å². The third kappa shape index (κ3) is 2.82. The molecule has 1 aliphatic heterocycles. The number of piperidine rings is 1. The summed E-state index contributed by atoms with van der Waals surface area (Å²) in [5.41, 5.74) is 0.960. The Bertz CT molecular complexity index is 768. The van der Waals surface area contributed by atoms with E-state index in [2.05, 4.69) is 15.6 Å². The molecule has 3 rings (SSSR count). The number of nitrogens with zero attached hydrogens (tertiary/aromatic N) is 2. The van der Waals surface area contributed by atoms with E-state index in [1.807, 2.05) is 0 Å². The van der Waals surface area contributed by atoms with Gasteiger partial charge in [0.2, 0.25) is 11.8 Å². The minimum atomic E-state index is -0.432. The van der Waals surface area contributed by atoms with E-state index in [1.54, 1.807) is 24.4 Å². The Morgan fingerprint density at radius 1 is 1.33 bits per heavy atom. The van der Waals surface area contributed by atoms with E-state index in [0.29, 0.717) is 30.7 Å². The van der Waals surface area contributed by atoms with Crippen molar-refractivity contribution in [3.8, 4) is 0 Å². The van der Waals surface area contributed by atoms with E-state index in [9.17, 15) is 14.4 Å². The Kier molecular flexibility index (Phi) is 3.49. The predicted octanol–water partition coefficient (Wildman–Crippen LogP) is -0.411. The molecule has 0 bridgehead atoms. The zero-order valence-corrected chi connectivity index (χ0v) is 11.2. The number of imide groups is 1. The second-order valence-electron chi connectivity index (χ2n) is 4.90. The summed E-state index contributed by atoms with van der Waals surface area (Å²) < 4.78 is 1.45. The molecule has 7 heteroatoms. The highest BCUT2D eigenvalue weighted by Crippen LogP contribution is 2.05.